The predicted octanol–water partition coefficient (Wildman–Crippen LogP) is 3.33. The van der Waals surface area contributed by atoms with Crippen LogP contribution in [0.25, 0.3) is 0 Å². The van der Waals surface area contributed by atoms with Crippen LogP contribution in [0.15, 0.2) is 12.1 Å². The highest BCUT2D eigenvalue weighted by Gasteiger charge is 2.17. The highest BCUT2D eigenvalue weighted by Crippen LogP contribution is 2.14. The van der Waals surface area contributed by atoms with Crippen molar-refractivity contribution in [2.45, 2.75) is 41.0 Å². The van der Waals surface area contributed by atoms with E-state index in [0.29, 0.717) is 5.92 Å². The summed E-state index contributed by atoms with van der Waals surface area (Å²) in [5.41, 5.74) is 1.59. The maximum Gasteiger partial charge on any atom is 0.254 e. The molecule has 0 aromatic carbocycles. The molecule has 112 valence electrons. The van der Waals surface area contributed by atoms with Gasteiger partial charge in [-0.25, -0.2) is 4.98 Å². The van der Waals surface area contributed by atoms with E-state index >= 15 is 0 Å². The molecule has 0 saturated carbocycles. The van der Waals surface area contributed by atoms with Crippen LogP contribution in [0.3, 0.4) is 0 Å². The first-order chi connectivity index (χ1) is 9.51. The number of aryl methyl sites for hydroxylation is 1. The van der Waals surface area contributed by atoms with Gasteiger partial charge in [-0.2, -0.15) is 0 Å². The first-order valence-electron chi connectivity index (χ1n) is 7.53. The molecule has 1 aromatic rings. The van der Waals surface area contributed by atoms with E-state index in [2.05, 4.69) is 24.1 Å². The molecule has 1 heterocycles. The second-order valence-corrected chi connectivity index (χ2v) is 5.27. The van der Waals surface area contributed by atoms with E-state index in [-0.39, 0.29) is 5.91 Å². The van der Waals surface area contributed by atoms with E-state index in [1.807, 2.05) is 37.8 Å². The van der Waals surface area contributed by atoms with E-state index in [4.69, 9.17) is 0 Å². The average molecular weight is 277 g/mol. The first-order valence-corrected chi connectivity index (χ1v) is 7.53. The van der Waals surface area contributed by atoms with Crippen molar-refractivity contribution in [2.75, 3.05) is 25.0 Å². The number of rotatable bonds is 7. The van der Waals surface area contributed by atoms with Gasteiger partial charge in [0, 0.05) is 30.9 Å². The first kappa shape index (κ1) is 16.5. The van der Waals surface area contributed by atoms with Crippen molar-refractivity contribution in [1.82, 2.24) is 9.88 Å². The van der Waals surface area contributed by atoms with Crippen LogP contribution in [0.1, 0.15) is 50.2 Å². The molecule has 0 bridgehead atoms. The fraction of sp³-hybridized carbons (Fsp3) is 0.625. The summed E-state index contributed by atoms with van der Waals surface area (Å²) in [5.74, 6) is 1.39. The molecular weight excluding hydrogens is 250 g/mol. The smallest absolute Gasteiger partial charge is 0.254 e. The van der Waals surface area contributed by atoms with Crippen molar-refractivity contribution in [2.24, 2.45) is 5.92 Å². The Bertz CT molecular complexity index is 445. The summed E-state index contributed by atoms with van der Waals surface area (Å²) in [6, 6.07) is 3.71. The summed E-state index contributed by atoms with van der Waals surface area (Å²) < 4.78 is 0. The van der Waals surface area contributed by atoms with E-state index in [1.165, 1.54) is 0 Å². The minimum Gasteiger partial charge on any atom is -0.370 e. The van der Waals surface area contributed by atoms with Gasteiger partial charge in [0.05, 0.1) is 0 Å². The number of carbonyl (C=O) groups excluding carboxylic acids is 1. The molecule has 0 fully saturated rings. The number of carbonyl (C=O) groups is 1. The highest BCUT2D eigenvalue weighted by molar-refractivity contribution is 5.95. The SMILES string of the molecule is CCNc1cc(C(=O)N(CC)CC(C)CC)cc(C)n1. The maximum absolute atomic E-state index is 12.6. The van der Waals surface area contributed by atoms with Crippen molar-refractivity contribution in [3.63, 3.8) is 0 Å². The highest BCUT2D eigenvalue weighted by atomic mass is 16.2. The zero-order chi connectivity index (χ0) is 15.1. The summed E-state index contributed by atoms with van der Waals surface area (Å²) >= 11 is 0. The Morgan fingerprint density at radius 2 is 2.05 bits per heavy atom. The second-order valence-electron chi connectivity index (χ2n) is 5.27. The molecule has 1 rings (SSSR count). The third-order valence-electron chi connectivity index (χ3n) is 3.46. The van der Waals surface area contributed by atoms with Gasteiger partial charge in [-0.05, 0) is 38.8 Å². The van der Waals surface area contributed by atoms with Crippen LogP contribution in [0, 0.1) is 12.8 Å². The zero-order valence-electron chi connectivity index (χ0n) is 13.4. The number of nitrogens with zero attached hydrogens (tertiary/aromatic N) is 2. The number of anilines is 1. The van der Waals surface area contributed by atoms with Crippen molar-refractivity contribution in [3.05, 3.63) is 23.4 Å². The van der Waals surface area contributed by atoms with Crippen LogP contribution < -0.4 is 5.32 Å². The number of hydrogen-bond donors (Lipinski definition) is 1. The number of hydrogen-bond acceptors (Lipinski definition) is 3. The molecule has 0 aliphatic heterocycles. The van der Waals surface area contributed by atoms with Crippen molar-refractivity contribution in [3.8, 4) is 0 Å². The Labute approximate surface area is 122 Å². The molecule has 4 nitrogen and oxygen atoms in total. The van der Waals surface area contributed by atoms with Crippen LogP contribution in [0.4, 0.5) is 5.82 Å². The van der Waals surface area contributed by atoms with Gasteiger partial charge in [-0.15, -0.1) is 0 Å². The monoisotopic (exact) mass is 277 g/mol. The van der Waals surface area contributed by atoms with Crippen molar-refractivity contribution >= 4 is 11.7 Å². The molecule has 1 atom stereocenters. The third kappa shape index (κ3) is 4.51. The Morgan fingerprint density at radius 3 is 2.60 bits per heavy atom. The minimum atomic E-state index is 0.0949. The Hall–Kier alpha value is -1.58. The lowest BCUT2D eigenvalue weighted by Crippen LogP contribution is -2.34. The molecule has 1 aromatic heterocycles. The molecule has 20 heavy (non-hydrogen) atoms. The zero-order valence-corrected chi connectivity index (χ0v) is 13.4. The molecule has 1 N–H and O–H groups in total. The van der Waals surface area contributed by atoms with Crippen LogP contribution in [0.2, 0.25) is 0 Å². The summed E-state index contributed by atoms with van der Waals surface area (Å²) in [5, 5.41) is 3.17. The Balaban J connectivity index is 2.93. The van der Waals surface area contributed by atoms with Gasteiger partial charge in [0.25, 0.3) is 5.91 Å². The molecule has 1 amide bonds. The number of nitrogens with one attached hydrogen (secondary N) is 1. The Morgan fingerprint density at radius 1 is 1.35 bits per heavy atom. The van der Waals surface area contributed by atoms with Gasteiger partial charge in [0.2, 0.25) is 0 Å². The summed E-state index contributed by atoms with van der Waals surface area (Å²) in [6.07, 6.45) is 1.09. The van der Waals surface area contributed by atoms with Crippen molar-refractivity contribution < 1.29 is 4.79 Å². The van der Waals surface area contributed by atoms with Gasteiger partial charge >= 0.3 is 0 Å². The van der Waals surface area contributed by atoms with Gasteiger partial charge in [0.1, 0.15) is 5.82 Å². The Kier molecular flexibility index (Phi) is 6.49. The normalized spacial score (nSPS) is 12.1. The lowest BCUT2D eigenvalue weighted by atomic mass is 10.1. The number of pyridine rings is 1. The fourth-order valence-electron chi connectivity index (χ4n) is 2.11. The second kappa shape index (κ2) is 7.88. The van der Waals surface area contributed by atoms with Gasteiger partial charge in [0.15, 0.2) is 0 Å². The topological polar surface area (TPSA) is 45.2 Å². The lowest BCUT2D eigenvalue weighted by molar-refractivity contribution is 0.0740. The predicted molar refractivity (Wildman–Crippen MR) is 84.2 cm³/mol. The van der Waals surface area contributed by atoms with Gasteiger partial charge < -0.3 is 10.2 Å². The van der Waals surface area contributed by atoms with E-state index in [0.717, 1.165) is 43.1 Å². The number of aromatic nitrogens is 1. The van der Waals surface area contributed by atoms with E-state index in [9.17, 15) is 4.79 Å². The molecule has 0 radical (unpaired) electrons. The quantitative estimate of drug-likeness (QED) is 0.831. The molecule has 1 unspecified atom stereocenters. The maximum atomic E-state index is 12.6. The lowest BCUT2D eigenvalue weighted by Gasteiger charge is -2.24. The van der Waals surface area contributed by atoms with Crippen LogP contribution >= 0.6 is 0 Å². The third-order valence-corrected chi connectivity index (χ3v) is 3.46. The summed E-state index contributed by atoms with van der Waals surface area (Å²) in [6.45, 7) is 12.6. The summed E-state index contributed by atoms with van der Waals surface area (Å²) in [7, 11) is 0. The molecular formula is C16H27N3O. The molecule has 0 saturated heterocycles. The van der Waals surface area contributed by atoms with E-state index in [1.54, 1.807) is 0 Å². The standard InChI is InChI=1S/C16H27N3O/c1-6-12(4)11-19(8-3)16(20)14-9-13(5)18-15(10-14)17-7-2/h9-10,12H,6-8,11H2,1-5H3,(H,17,18). The fourth-order valence-corrected chi connectivity index (χ4v) is 2.11. The van der Waals surface area contributed by atoms with Crippen LogP contribution in [-0.2, 0) is 0 Å². The average Bonchev–Trinajstić information content (AvgIpc) is 2.43. The molecule has 0 aliphatic carbocycles. The molecule has 0 spiro atoms. The molecule has 4 heteroatoms. The molecule has 0 aliphatic rings. The van der Waals surface area contributed by atoms with Gasteiger partial charge in [-0.1, -0.05) is 20.3 Å². The van der Waals surface area contributed by atoms with Crippen molar-refractivity contribution in [1.29, 1.82) is 0 Å². The van der Waals surface area contributed by atoms with E-state index < -0.39 is 0 Å². The van der Waals surface area contributed by atoms with Crippen LogP contribution in [0.5, 0.6) is 0 Å². The minimum absolute atomic E-state index is 0.0949. The van der Waals surface area contributed by atoms with Gasteiger partial charge in [-0.3, -0.25) is 4.79 Å². The summed E-state index contributed by atoms with van der Waals surface area (Å²) in [4.78, 5) is 18.9. The number of amides is 1. The largest absolute Gasteiger partial charge is 0.370 e. The van der Waals surface area contributed by atoms with Crippen LogP contribution in [-0.4, -0.2) is 35.4 Å².